The molecule has 31 heavy (non-hydrogen) atoms. The number of ether oxygens (including phenoxy) is 2. The van der Waals surface area contributed by atoms with Crippen molar-refractivity contribution in [1.82, 2.24) is 15.1 Å². The molecule has 0 unspecified atom stereocenters. The summed E-state index contributed by atoms with van der Waals surface area (Å²) in [6.07, 6.45) is 2.30. The lowest BCUT2D eigenvalue weighted by molar-refractivity contribution is 0.0941. The number of aryl methyl sites for hydroxylation is 1. The van der Waals surface area contributed by atoms with Crippen molar-refractivity contribution in [3.8, 4) is 11.5 Å². The Kier molecular flexibility index (Phi) is 6.47. The maximum atomic E-state index is 12.7. The van der Waals surface area contributed by atoms with Crippen molar-refractivity contribution in [2.24, 2.45) is 7.05 Å². The van der Waals surface area contributed by atoms with Crippen LogP contribution in [-0.4, -0.2) is 22.8 Å². The summed E-state index contributed by atoms with van der Waals surface area (Å²) in [4.78, 5) is 12.7. The fourth-order valence-electron chi connectivity index (χ4n) is 3.48. The van der Waals surface area contributed by atoms with Gasteiger partial charge in [0.1, 0.15) is 12.3 Å². The molecule has 1 fully saturated rings. The lowest BCUT2D eigenvalue weighted by atomic mass is 10.1. The molecule has 1 aromatic heterocycles. The third-order valence-electron chi connectivity index (χ3n) is 5.40. The average molecular weight is 440 g/mol. The van der Waals surface area contributed by atoms with Gasteiger partial charge in [0.2, 0.25) is 0 Å². The minimum absolute atomic E-state index is 0.158. The fourth-order valence-corrected chi connectivity index (χ4v) is 3.66. The summed E-state index contributed by atoms with van der Waals surface area (Å²) in [6.45, 7) is 0.737. The number of hydrogen-bond donors (Lipinski definition) is 1. The first-order chi connectivity index (χ1) is 15.1. The molecule has 0 bridgehead atoms. The van der Waals surface area contributed by atoms with Crippen LogP contribution < -0.4 is 14.8 Å². The molecule has 1 N–H and O–H groups in total. The number of para-hydroxylation sites is 1. The van der Waals surface area contributed by atoms with E-state index in [-0.39, 0.29) is 5.91 Å². The summed E-state index contributed by atoms with van der Waals surface area (Å²) in [7, 11) is 3.40. The second-order valence-corrected chi connectivity index (χ2v) is 7.99. The lowest BCUT2D eigenvalue weighted by Gasteiger charge is -2.15. The first kappa shape index (κ1) is 21.2. The van der Waals surface area contributed by atoms with Crippen LogP contribution >= 0.6 is 11.6 Å². The van der Waals surface area contributed by atoms with Crippen molar-refractivity contribution in [3.63, 3.8) is 0 Å². The monoisotopic (exact) mass is 439 g/mol. The number of hydrogen-bond acceptors (Lipinski definition) is 4. The normalized spacial score (nSPS) is 13.1. The largest absolute Gasteiger partial charge is 0.493 e. The number of aromatic nitrogens is 2. The highest BCUT2D eigenvalue weighted by molar-refractivity contribution is 6.17. The number of nitrogens with zero attached hydrogens (tertiary/aromatic N) is 2. The van der Waals surface area contributed by atoms with E-state index in [9.17, 15) is 4.79 Å². The van der Waals surface area contributed by atoms with Gasteiger partial charge in [-0.15, -0.1) is 11.6 Å². The highest BCUT2D eigenvalue weighted by atomic mass is 35.5. The first-order valence-corrected chi connectivity index (χ1v) is 10.9. The molecule has 4 rings (SSSR count). The second kappa shape index (κ2) is 9.43. The Labute approximate surface area is 187 Å². The zero-order valence-corrected chi connectivity index (χ0v) is 18.5. The third-order valence-corrected chi connectivity index (χ3v) is 5.71. The third kappa shape index (κ3) is 5.02. The van der Waals surface area contributed by atoms with Gasteiger partial charge in [-0.2, -0.15) is 5.10 Å². The van der Waals surface area contributed by atoms with Crippen LogP contribution in [0.1, 0.15) is 51.6 Å². The molecule has 6 nitrogen and oxygen atoms in total. The minimum Gasteiger partial charge on any atom is -0.493 e. The van der Waals surface area contributed by atoms with Crippen LogP contribution in [0.15, 0.2) is 48.5 Å². The molecule has 3 aromatic rings. The van der Waals surface area contributed by atoms with E-state index in [1.165, 1.54) is 0 Å². The predicted molar refractivity (Wildman–Crippen MR) is 120 cm³/mol. The Balaban J connectivity index is 1.41. The number of benzene rings is 2. The van der Waals surface area contributed by atoms with Crippen molar-refractivity contribution in [3.05, 3.63) is 76.6 Å². The van der Waals surface area contributed by atoms with Gasteiger partial charge in [-0.25, -0.2) is 0 Å². The van der Waals surface area contributed by atoms with Gasteiger partial charge in [0.05, 0.1) is 12.8 Å². The van der Waals surface area contributed by atoms with Gasteiger partial charge < -0.3 is 14.8 Å². The molecule has 0 atom stereocenters. The van der Waals surface area contributed by atoms with Crippen LogP contribution in [0.3, 0.4) is 0 Å². The Hall–Kier alpha value is -2.99. The molecule has 1 saturated carbocycles. The van der Waals surface area contributed by atoms with Crippen LogP contribution in [0, 0.1) is 0 Å². The molecule has 0 spiro atoms. The standard InChI is InChI=1S/C24H26ClN3O3/c1-28-21(12-20(27-28)18-10-11-18)24(29)26-14-19-4-3-5-22(23(19)30-2)31-15-17-8-6-16(13-25)7-9-17/h3-9,12,18H,10-11,13-15H2,1-2H3,(H,26,29). The molecule has 7 heteroatoms. The molecule has 0 radical (unpaired) electrons. The van der Waals surface area contributed by atoms with E-state index in [1.807, 2.05) is 48.5 Å². The summed E-state index contributed by atoms with van der Waals surface area (Å²) in [6, 6.07) is 15.5. The van der Waals surface area contributed by atoms with Crippen LogP contribution in [-0.2, 0) is 26.1 Å². The summed E-state index contributed by atoms with van der Waals surface area (Å²) in [5.41, 5.74) is 4.51. The van der Waals surface area contributed by atoms with Crippen LogP contribution in [0.4, 0.5) is 0 Å². The molecule has 1 aliphatic carbocycles. The lowest BCUT2D eigenvalue weighted by Crippen LogP contribution is -2.25. The van der Waals surface area contributed by atoms with Crippen molar-refractivity contribution in [1.29, 1.82) is 0 Å². The smallest absolute Gasteiger partial charge is 0.269 e. The summed E-state index contributed by atoms with van der Waals surface area (Å²) in [5, 5.41) is 7.43. The molecule has 1 amide bonds. The number of nitrogens with one attached hydrogen (secondary N) is 1. The second-order valence-electron chi connectivity index (χ2n) is 7.72. The Morgan fingerprint density at radius 1 is 1.19 bits per heavy atom. The molecule has 162 valence electrons. The number of carbonyl (C=O) groups is 1. The fraction of sp³-hybridized carbons (Fsp3) is 0.333. The topological polar surface area (TPSA) is 65.4 Å². The van der Waals surface area contributed by atoms with Crippen molar-refractivity contribution < 1.29 is 14.3 Å². The predicted octanol–water partition coefficient (Wildman–Crippen LogP) is 4.55. The van der Waals surface area contributed by atoms with Crippen molar-refractivity contribution in [2.45, 2.75) is 37.8 Å². The number of alkyl halides is 1. The van der Waals surface area contributed by atoms with Gasteiger partial charge in [0.15, 0.2) is 11.5 Å². The molecule has 2 aromatic carbocycles. The zero-order chi connectivity index (χ0) is 21.8. The van der Waals surface area contributed by atoms with Crippen LogP contribution in [0.5, 0.6) is 11.5 Å². The van der Waals surface area contributed by atoms with E-state index in [0.717, 1.165) is 35.2 Å². The Morgan fingerprint density at radius 2 is 1.94 bits per heavy atom. The molecule has 1 heterocycles. The van der Waals surface area contributed by atoms with Crippen LogP contribution in [0.2, 0.25) is 0 Å². The summed E-state index contributed by atoms with van der Waals surface area (Å²) in [5.74, 6) is 2.09. The Morgan fingerprint density at radius 3 is 2.61 bits per heavy atom. The van der Waals surface area contributed by atoms with E-state index < -0.39 is 0 Å². The van der Waals surface area contributed by atoms with E-state index in [2.05, 4.69) is 10.4 Å². The quantitative estimate of drug-likeness (QED) is 0.496. The van der Waals surface area contributed by atoms with E-state index in [1.54, 1.807) is 18.8 Å². The number of carbonyl (C=O) groups excluding carboxylic acids is 1. The highest BCUT2D eigenvalue weighted by Gasteiger charge is 2.28. The van der Waals surface area contributed by atoms with E-state index in [4.69, 9.17) is 21.1 Å². The van der Waals surface area contributed by atoms with Crippen molar-refractivity contribution in [2.75, 3.05) is 7.11 Å². The van der Waals surface area contributed by atoms with E-state index in [0.29, 0.717) is 42.1 Å². The maximum absolute atomic E-state index is 12.7. The molecular formula is C24H26ClN3O3. The molecule has 0 aliphatic heterocycles. The summed E-state index contributed by atoms with van der Waals surface area (Å²) >= 11 is 5.84. The number of amides is 1. The molecule has 1 aliphatic rings. The SMILES string of the molecule is COc1c(CNC(=O)c2cc(C3CC3)nn2C)cccc1OCc1ccc(CCl)cc1. The molecule has 0 saturated heterocycles. The number of halogens is 1. The van der Waals surface area contributed by atoms with E-state index >= 15 is 0 Å². The van der Waals surface area contributed by atoms with Gasteiger partial charge in [0.25, 0.3) is 5.91 Å². The van der Waals surface area contributed by atoms with Crippen molar-refractivity contribution >= 4 is 17.5 Å². The maximum Gasteiger partial charge on any atom is 0.269 e. The minimum atomic E-state index is -0.158. The van der Waals surface area contributed by atoms with Crippen LogP contribution in [0.25, 0.3) is 0 Å². The number of methoxy groups -OCH3 is 1. The zero-order valence-electron chi connectivity index (χ0n) is 17.7. The van der Waals surface area contributed by atoms with Gasteiger partial charge in [-0.3, -0.25) is 9.48 Å². The molecular weight excluding hydrogens is 414 g/mol. The average Bonchev–Trinajstić information content (AvgIpc) is 3.57. The summed E-state index contributed by atoms with van der Waals surface area (Å²) < 4.78 is 13.2. The first-order valence-electron chi connectivity index (χ1n) is 10.3. The number of rotatable bonds is 9. The highest BCUT2D eigenvalue weighted by Crippen LogP contribution is 2.39. The van der Waals surface area contributed by atoms with Gasteiger partial charge in [-0.1, -0.05) is 36.4 Å². The van der Waals surface area contributed by atoms with Gasteiger partial charge in [0, 0.05) is 31.0 Å². The van der Waals surface area contributed by atoms with Gasteiger partial charge >= 0.3 is 0 Å². The Bertz CT molecular complexity index is 1060. The van der Waals surface area contributed by atoms with Gasteiger partial charge in [-0.05, 0) is 36.1 Å².